The molecule has 164 valence electrons. The zero-order valence-electron chi connectivity index (χ0n) is 17.2. The molecule has 1 atom stereocenters. The van der Waals surface area contributed by atoms with Crippen LogP contribution in [0.15, 0.2) is 86.8 Å². The highest BCUT2D eigenvalue weighted by Crippen LogP contribution is 2.26. The molecule has 6 nitrogen and oxygen atoms in total. The van der Waals surface area contributed by atoms with Gasteiger partial charge in [0.2, 0.25) is 5.91 Å². The largest absolute Gasteiger partial charge is 0.488 e. The molecule has 0 heterocycles. The molecule has 0 aromatic heterocycles. The van der Waals surface area contributed by atoms with Crippen LogP contribution in [0.2, 0.25) is 0 Å². The molecule has 0 radical (unpaired) electrons. The van der Waals surface area contributed by atoms with Crippen LogP contribution in [0.1, 0.15) is 18.1 Å². The number of hydrogen-bond donors (Lipinski definition) is 2. The summed E-state index contributed by atoms with van der Waals surface area (Å²) in [5.74, 6) is -1.15. The first-order valence-electron chi connectivity index (χ1n) is 9.78. The molecule has 2 N–H and O–H groups in total. The van der Waals surface area contributed by atoms with E-state index in [0.29, 0.717) is 18.0 Å². The van der Waals surface area contributed by atoms with E-state index < -0.39 is 17.7 Å². The fraction of sp³-hybridized carbons (Fsp3) is 0.125. The van der Waals surface area contributed by atoms with E-state index in [2.05, 4.69) is 47.7 Å². The van der Waals surface area contributed by atoms with Gasteiger partial charge in [-0.1, -0.05) is 42.5 Å². The number of amides is 2. The highest BCUT2D eigenvalue weighted by Gasteiger charge is 2.21. The lowest BCUT2D eigenvalue weighted by atomic mass is 10.1. The van der Waals surface area contributed by atoms with Crippen molar-refractivity contribution in [3.05, 3.63) is 92.9 Å². The summed E-state index contributed by atoms with van der Waals surface area (Å²) in [4.78, 5) is 24.6. The second kappa shape index (κ2) is 11.6. The Kier molecular flexibility index (Phi) is 8.58. The number of benzene rings is 3. The molecule has 0 bridgehead atoms. The molecule has 1 unspecified atom stereocenters. The maximum atomic E-state index is 12.3. The number of carbonyl (C=O) groups excluding carboxylic acids is 2. The SMILES string of the molecule is CC(C(=O)NN=Cc1ccc(OCc2ccccc2)c(Br)c1)C(=O)Nc1ccccc1Br. The molecule has 3 aromatic rings. The molecule has 2 amide bonds. The van der Waals surface area contributed by atoms with Crippen LogP contribution in [0.25, 0.3) is 0 Å². The maximum absolute atomic E-state index is 12.3. The minimum absolute atomic E-state index is 0.424. The van der Waals surface area contributed by atoms with E-state index in [4.69, 9.17) is 4.74 Å². The van der Waals surface area contributed by atoms with Crippen LogP contribution in [0.5, 0.6) is 5.75 Å². The van der Waals surface area contributed by atoms with Gasteiger partial charge >= 0.3 is 0 Å². The summed E-state index contributed by atoms with van der Waals surface area (Å²) in [5.41, 5.74) is 4.84. The smallest absolute Gasteiger partial charge is 0.252 e. The van der Waals surface area contributed by atoms with Crippen molar-refractivity contribution in [2.24, 2.45) is 11.0 Å². The maximum Gasteiger partial charge on any atom is 0.252 e. The topological polar surface area (TPSA) is 79.8 Å². The number of rotatable bonds is 8. The van der Waals surface area contributed by atoms with Gasteiger partial charge in [0.1, 0.15) is 18.3 Å². The third kappa shape index (κ3) is 6.77. The van der Waals surface area contributed by atoms with Crippen molar-refractivity contribution < 1.29 is 14.3 Å². The molecule has 0 saturated heterocycles. The van der Waals surface area contributed by atoms with Crippen LogP contribution in [0.4, 0.5) is 5.69 Å². The van der Waals surface area contributed by atoms with Gasteiger partial charge in [-0.05, 0) is 80.2 Å². The molecule has 3 rings (SSSR count). The summed E-state index contributed by atoms with van der Waals surface area (Å²) in [6, 6.07) is 22.6. The van der Waals surface area contributed by atoms with Crippen molar-refractivity contribution in [2.75, 3.05) is 5.32 Å². The predicted octanol–water partition coefficient (Wildman–Crippen LogP) is 5.52. The first-order valence-corrected chi connectivity index (χ1v) is 11.4. The highest BCUT2D eigenvalue weighted by atomic mass is 79.9. The minimum Gasteiger partial charge on any atom is -0.488 e. The Labute approximate surface area is 203 Å². The molecule has 0 fully saturated rings. The van der Waals surface area contributed by atoms with Gasteiger partial charge in [-0.3, -0.25) is 9.59 Å². The molecular weight excluding hydrogens is 538 g/mol. The fourth-order valence-corrected chi connectivity index (χ4v) is 3.53. The van der Waals surface area contributed by atoms with Crippen molar-refractivity contribution in [1.82, 2.24) is 5.43 Å². The first kappa shape index (κ1) is 23.7. The monoisotopic (exact) mass is 557 g/mol. The second-order valence-electron chi connectivity index (χ2n) is 6.89. The van der Waals surface area contributed by atoms with E-state index in [-0.39, 0.29) is 0 Å². The van der Waals surface area contributed by atoms with Gasteiger partial charge in [0.05, 0.1) is 16.4 Å². The number of nitrogens with one attached hydrogen (secondary N) is 2. The number of halogens is 2. The summed E-state index contributed by atoms with van der Waals surface area (Å²) in [6.45, 7) is 1.98. The number of ether oxygens (including phenoxy) is 1. The lowest BCUT2D eigenvalue weighted by Crippen LogP contribution is -2.34. The minimum atomic E-state index is -0.917. The Bertz CT molecular complexity index is 1120. The van der Waals surface area contributed by atoms with Gasteiger partial charge in [0, 0.05) is 4.47 Å². The van der Waals surface area contributed by atoms with Crippen LogP contribution >= 0.6 is 31.9 Å². The molecule has 0 spiro atoms. The standard InChI is InChI=1S/C24H21Br2N3O3/c1-16(23(30)28-21-10-6-5-9-19(21)25)24(31)29-27-14-18-11-12-22(20(26)13-18)32-15-17-7-3-2-4-8-17/h2-14,16H,15H2,1H3,(H,28,30)(H,29,31). The van der Waals surface area contributed by atoms with Crippen LogP contribution in [-0.4, -0.2) is 18.0 Å². The van der Waals surface area contributed by atoms with E-state index in [1.807, 2.05) is 54.6 Å². The molecular formula is C24H21Br2N3O3. The Hall–Kier alpha value is -2.97. The quantitative estimate of drug-likeness (QED) is 0.217. The third-order valence-corrected chi connectivity index (χ3v) is 5.81. The highest BCUT2D eigenvalue weighted by molar-refractivity contribution is 9.11. The van der Waals surface area contributed by atoms with Crippen LogP contribution in [-0.2, 0) is 16.2 Å². The van der Waals surface area contributed by atoms with E-state index in [1.54, 1.807) is 18.2 Å². The number of carbonyl (C=O) groups is 2. The summed E-state index contributed by atoms with van der Waals surface area (Å²) in [7, 11) is 0. The molecule has 0 saturated carbocycles. The number of nitrogens with zero attached hydrogens (tertiary/aromatic N) is 1. The molecule has 0 aliphatic heterocycles. The van der Waals surface area contributed by atoms with Gasteiger partial charge in [0.15, 0.2) is 0 Å². The van der Waals surface area contributed by atoms with Crippen molar-refractivity contribution in [3.63, 3.8) is 0 Å². The zero-order chi connectivity index (χ0) is 22.9. The molecule has 8 heteroatoms. The van der Waals surface area contributed by atoms with Gasteiger partial charge in [-0.2, -0.15) is 5.10 Å². The van der Waals surface area contributed by atoms with Crippen LogP contribution < -0.4 is 15.5 Å². The fourth-order valence-electron chi connectivity index (χ4n) is 2.64. The Morgan fingerprint density at radius 1 is 0.969 bits per heavy atom. The third-order valence-electron chi connectivity index (χ3n) is 4.50. The van der Waals surface area contributed by atoms with E-state index in [0.717, 1.165) is 20.1 Å². The molecule has 32 heavy (non-hydrogen) atoms. The molecule has 3 aromatic carbocycles. The summed E-state index contributed by atoms with van der Waals surface area (Å²) in [5, 5.41) is 6.68. The molecule has 0 aliphatic carbocycles. The lowest BCUT2D eigenvalue weighted by Gasteiger charge is -2.12. The van der Waals surface area contributed by atoms with Crippen molar-refractivity contribution >= 4 is 55.6 Å². The van der Waals surface area contributed by atoms with Gasteiger partial charge in [-0.25, -0.2) is 5.43 Å². The number of hydrogen-bond acceptors (Lipinski definition) is 4. The number of anilines is 1. The summed E-state index contributed by atoms with van der Waals surface area (Å²) in [6.07, 6.45) is 1.50. The first-order chi connectivity index (χ1) is 15.4. The predicted molar refractivity (Wildman–Crippen MR) is 133 cm³/mol. The Morgan fingerprint density at radius 2 is 1.69 bits per heavy atom. The second-order valence-corrected chi connectivity index (χ2v) is 8.60. The lowest BCUT2D eigenvalue weighted by molar-refractivity contribution is -0.131. The summed E-state index contributed by atoms with van der Waals surface area (Å²) < 4.78 is 7.33. The number of hydrazone groups is 1. The van der Waals surface area contributed by atoms with Crippen LogP contribution in [0.3, 0.4) is 0 Å². The normalized spacial score (nSPS) is 11.7. The van der Waals surface area contributed by atoms with Gasteiger partial charge in [0.25, 0.3) is 5.91 Å². The molecule has 0 aliphatic rings. The summed E-state index contributed by atoms with van der Waals surface area (Å²) >= 11 is 6.85. The zero-order valence-corrected chi connectivity index (χ0v) is 20.4. The van der Waals surface area contributed by atoms with E-state index >= 15 is 0 Å². The average Bonchev–Trinajstić information content (AvgIpc) is 2.80. The van der Waals surface area contributed by atoms with E-state index in [1.165, 1.54) is 13.1 Å². The van der Waals surface area contributed by atoms with Crippen molar-refractivity contribution in [2.45, 2.75) is 13.5 Å². The van der Waals surface area contributed by atoms with Crippen molar-refractivity contribution in [1.29, 1.82) is 0 Å². The van der Waals surface area contributed by atoms with Gasteiger partial charge < -0.3 is 10.1 Å². The Morgan fingerprint density at radius 3 is 2.41 bits per heavy atom. The van der Waals surface area contributed by atoms with Gasteiger partial charge in [-0.15, -0.1) is 0 Å². The van der Waals surface area contributed by atoms with Crippen LogP contribution in [0, 0.1) is 5.92 Å². The van der Waals surface area contributed by atoms with Crippen molar-refractivity contribution in [3.8, 4) is 5.75 Å². The van der Waals surface area contributed by atoms with E-state index in [9.17, 15) is 9.59 Å². The number of para-hydroxylation sites is 1. The average molecular weight is 559 g/mol. The Balaban J connectivity index is 1.52.